The van der Waals surface area contributed by atoms with Crippen molar-refractivity contribution in [1.29, 1.82) is 0 Å². The van der Waals surface area contributed by atoms with Gasteiger partial charge >= 0.3 is 0 Å². The van der Waals surface area contributed by atoms with Gasteiger partial charge in [0.15, 0.2) is 0 Å². The SMILES string of the molecule is Cc1nc(C(=O)N2C[C@@H](N)[C@H](c3ccccc3)C2)nn1-c1ccc(F)cc1. The van der Waals surface area contributed by atoms with E-state index in [-0.39, 0.29) is 29.5 Å². The largest absolute Gasteiger partial charge is 0.334 e. The number of carbonyl (C=O) groups excluding carboxylic acids is 1. The summed E-state index contributed by atoms with van der Waals surface area (Å²) in [7, 11) is 0. The first-order chi connectivity index (χ1) is 13.0. The van der Waals surface area contributed by atoms with Crippen molar-refractivity contribution < 1.29 is 9.18 Å². The summed E-state index contributed by atoms with van der Waals surface area (Å²) in [4.78, 5) is 18.9. The van der Waals surface area contributed by atoms with Gasteiger partial charge in [0, 0.05) is 25.0 Å². The highest BCUT2D eigenvalue weighted by atomic mass is 19.1. The predicted octanol–water partition coefficient (Wildman–Crippen LogP) is 2.28. The molecule has 1 amide bonds. The van der Waals surface area contributed by atoms with Gasteiger partial charge in [0.1, 0.15) is 11.6 Å². The maximum atomic E-state index is 13.1. The van der Waals surface area contributed by atoms with Gasteiger partial charge in [-0.15, -0.1) is 5.10 Å². The standard InChI is InChI=1S/C20H20FN5O/c1-13-23-19(24-26(13)16-9-7-15(21)8-10-16)20(27)25-11-17(18(22)12-25)14-5-3-2-4-6-14/h2-10,17-18H,11-12,22H2,1H3/t17-,18+/m0/s1. The van der Waals surface area contributed by atoms with Crippen molar-refractivity contribution in [2.75, 3.05) is 13.1 Å². The first-order valence-electron chi connectivity index (χ1n) is 8.82. The molecule has 0 saturated carbocycles. The van der Waals surface area contributed by atoms with Crippen molar-refractivity contribution in [3.8, 4) is 5.69 Å². The Balaban J connectivity index is 1.55. The first-order valence-corrected chi connectivity index (χ1v) is 8.82. The minimum atomic E-state index is -0.328. The minimum Gasteiger partial charge on any atom is -0.334 e. The van der Waals surface area contributed by atoms with E-state index < -0.39 is 0 Å². The molecule has 2 heterocycles. The molecular formula is C20H20FN5O. The number of hydrogen-bond acceptors (Lipinski definition) is 4. The molecule has 27 heavy (non-hydrogen) atoms. The molecule has 0 radical (unpaired) electrons. The molecule has 0 unspecified atom stereocenters. The normalized spacial score (nSPS) is 19.4. The van der Waals surface area contributed by atoms with E-state index in [1.165, 1.54) is 16.8 Å². The van der Waals surface area contributed by atoms with Crippen LogP contribution in [-0.2, 0) is 0 Å². The number of nitrogens with two attached hydrogens (primary N) is 1. The summed E-state index contributed by atoms with van der Waals surface area (Å²) in [6, 6.07) is 15.7. The Morgan fingerprint density at radius 1 is 1.11 bits per heavy atom. The van der Waals surface area contributed by atoms with E-state index in [4.69, 9.17) is 5.73 Å². The van der Waals surface area contributed by atoms with Gasteiger partial charge in [-0.3, -0.25) is 4.79 Å². The number of amides is 1. The lowest BCUT2D eigenvalue weighted by Gasteiger charge is -2.14. The second-order valence-corrected chi connectivity index (χ2v) is 6.76. The van der Waals surface area contributed by atoms with Gasteiger partial charge in [-0.2, -0.15) is 0 Å². The van der Waals surface area contributed by atoms with E-state index in [1.54, 1.807) is 24.0 Å². The van der Waals surface area contributed by atoms with Crippen LogP contribution in [0.3, 0.4) is 0 Å². The predicted molar refractivity (Wildman–Crippen MR) is 99.1 cm³/mol. The molecule has 2 aromatic carbocycles. The first kappa shape index (κ1) is 17.4. The summed E-state index contributed by atoms with van der Waals surface area (Å²) >= 11 is 0. The molecule has 2 N–H and O–H groups in total. The van der Waals surface area contributed by atoms with Crippen LogP contribution in [0.25, 0.3) is 5.69 Å². The number of hydrogen-bond donors (Lipinski definition) is 1. The summed E-state index contributed by atoms with van der Waals surface area (Å²) in [6.45, 7) is 2.76. The lowest BCUT2D eigenvalue weighted by molar-refractivity contribution is 0.0777. The van der Waals surface area contributed by atoms with Gasteiger partial charge in [0.25, 0.3) is 5.91 Å². The number of nitrogens with zero attached hydrogens (tertiary/aromatic N) is 4. The lowest BCUT2D eigenvalue weighted by atomic mass is 9.95. The number of likely N-dealkylation sites (tertiary alicyclic amines) is 1. The van der Waals surface area contributed by atoms with Crippen LogP contribution in [-0.4, -0.2) is 44.7 Å². The van der Waals surface area contributed by atoms with Crippen LogP contribution in [0.15, 0.2) is 54.6 Å². The molecule has 1 aromatic heterocycles. The summed E-state index contributed by atoms with van der Waals surface area (Å²) < 4.78 is 14.7. The maximum Gasteiger partial charge on any atom is 0.293 e. The Kier molecular flexibility index (Phi) is 4.45. The monoisotopic (exact) mass is 365 g/mol. The summed E-state index contributed by atoms with van der Waals surface area (Å²) in [5, 5.41) is 4.33. The third kappa shape index (κ3) is 3.33. The van der Waals surface area contributed by atoms with E-state index in [2.05, 4.69) is 10.1 Å². The Labute approximate surface area is 156 Å². The van der Waals surface area contributed by atoms with Crippen LogP contribution in [0.1, 0.15) is 27.9 Å². The van der Waals surface area contributed by atoms with Gasteiger partial charge < -0.3 is 10.6 Å². The number of halogens is 1. The van der Waals surface area contributed by atoms with Crippen LogP contribution >= 0.6 is 0 Å². The molecule has 0 spiro atoms. The zero-order valence-corrected chi connectivity index (χ0v) is 14.9. The fraction of sp³-hybridized carbons (Fsp3) is 0.250. The van der Waals surface area contributed by atoms with Crippen molar-refractivity contribution in [2.24, 2.45) is 5.73 Å². The van der Waals surface area contributed by atoms with E-state index >= 15 is 0 Å². The zero-order valence-electron chi connectivity index (χ0n) is 14.9. The quantitative estimate of drug-likeness (QED) is 0.773. The molecular weight excluding hydrogens is 345 g/mol. The second kappa shape index (κ2) is 6.92. The highest BCUT2D eigenvalue weighted by Gasteiger charge is 2.35. The fourth-order valence-electron chi connectivity index (χ4n) is 3.50. The van der Waals surface area contributed by atoms with Gasteiger partial charge in [-0.25, -0.2) is 14.1 Å². The summed E-state index contributed by atoms with van der Waals surface area (Å²) in [6.07, 6.45) is 0. The van der Waals surface area contributed by atoms with Crippen LogP contribution < -0.4 is 5.73 Å². The molecule has 2 atom stereocenters. The highest BCUT2D eigenvalue weighted by Crippen LogP contribution is 2.27. The number of carbonyl (C=O) groups is 1. The zero-order chi connectivity index (χ0) is 19.0. The lowest BCUT2D eigenvalue weighted by Crippen LogP contribution is -2.32. The van der Waals surface area contributed by atoms with Crippen molar-refractivity contribution in [1.82, 2.24) is 19.7 Å². The number of aryl methyl sites for hydroxylation is 1. The third-order valence-corrected chi connectivity index (χ3v) is 4.91. The molecule has 0 aliphatic carbocycles. The molecule has 7 heteroatoms. The summed E-state index contributed by atoms with van der Waals surface area (Å²) in [5.41, 5.74) is 8.06. The van der Waals surface area contributed by atoms with Crippen LogP contribution in [0.4, 0.5) is 4.39 Å². The van der Waals surface area contributed by atoms with Crippen LogP contribution in [0.5, 0.6) is 0 Å². The van der Waals surface area contributed by atoms with E-state index in [0.29, 0.717) is 24.6 Å². The Hall–Kier alpha value is -3.06. The number of aromatic nitrogens is 3. The third-order valence-electron chi connectivity index (χ3n) is 4.91. The van der Waals surface area contributed by atoms with Crippen LogP contribution in [0.2, 0.25) is 0 Å². The van der Waals surface area contributed by atoms with Crippen molar-refractivity contribution in [2.45, 2.75) is 18.9 Å². The van der Waals surface area contributed by atoms with Crippen molar-refractivity contribution >= 4 is 5.91 Å². The van der Waals surface area contributed by atoms with E-state index in [1.807, 2.05) is 30.3 Å². The fourth-order valence-corrected chi connectivity index (χ4v) is 3.50. The summed E-state index contributed by atoms with van der Waals surface area (Å²) in [5.74, 6) is 0.208. The maximum absolute atomic E-state index is 13.1. The molecule has 3 aromatic rings. The number of benzene rings is 2. The number of rotatable bonds is 3. The molecule has 4 rings (SSSR count). The van der Waals surface area contributed by atoms with Crippen molar-refractivity contribution in [3.63, 3.8) is 0 Å². The Bertz CT molecular complexity index is 954. The second-order valence-electron chi connectivity index (χ2n) is 6.76. The van der Waals surface area contributed by atoms with Gasteiger partial charge in [-0.05, 0) is 36.8 Å². The molecule has 1 fully saturated rings. The van der Waals surface area contributed by atoms with Gasteiger partial charge in [0.2, 0.25) is 5.82 Å². The molecule has 1 aliphatic heterocycles. The topological polar surface area (TPSA) is 77.0 Å². The minimum absolute atomic E-state index is 0.0930. The molecule has 138 valence electrons. The van der Waals surface area contributed by atoms with Gasteiger partial charge in [-0.1, -0.05) is 30.3 Å². The van der Waals surface area contributed by atoms with E-state index in [0.717, 1.165) is 5.56 Å². The molecule has 0 bridgehead atoms. The van der Waals surface area contributed by atoms with Crippen LogP contribution in [0, 0.1) is 12.7 Å². The Morgan fingerprint density at radius 3 is 2.52 bits per heavy atom. The van der Waals surface area contributed by atoms with Crippen molar-refractivity contribution in [3.05, 3.63) is 77.6 Å². The van der Waals surface area contributed by atoms with E-state index in [9.17, 15) is 9.18 Å². The van der Waals surface area contributed by atoms with Gasteiger partial charge in [0.05, 0.1) is 5.69 Å². The average Bonchev–Trinajstić information content (AvgIpc) is 3.26. The highest BCUT2D eigenvalue weighted by molar-refractivity contribution is 5.90. The average molecular weight is 365 g/mol. The molecule has 1 aliphatic rings. The molecule has 6 nitrogen and oxygen atoms in total. The molecule has 1 saturated heterocycles. The smallest absolute Gasteiger partial charge is 0.293 e. The Morgan fingerprint density at radius 2 is 1.81 bits per heavy atom.